The van der Waals surface area contributed by atoms with Gasteiger partial charge >= 0.3 is 0 Å². The highest BCUT2D eigenvalue weighted by Crippen LogP contribution is 2.35. The Morgan fingerprint density at radius 2 is 1.91 bits per heavy atom. The summed E-state index contributed by atoms with van der Waals surface area (Å²) in [7, 11) is 0. The van der Waals surface area contributed by atoms with E-state index in [1.165, 1.54) is 12.1 Å². The standard InChI is InChI=1S/C17H12ClN3O2/c18-15-10-13(22)1-2-14(15)17(23)4-7-21(8-5-17)16-9-12(11-19)3-6-20-16/h1-10,22-23H. The highest BCUT2D eigenvalue weighted by molar-refractivity contribution is 6.31. The van der Waals surface area contributed by atoms with E-state index in [4.69, 9.17) is 16.9 Å². The Morgan fingerprint density at radius 1 is 1.17 bits per heavy atom. The van der Waals surface area contributed by atoms with Gasteiger partial charge in [0.2, 0.25) is 0 Å². The molecular weight excluding hydrogens is 314 g/mol. The van der Waals surface area contributed by atoms with Gasteiger partial charge in [-0.15, -0.1) is 0 Å². The van der Waals surface area contributed by atoms with Crippen LogP contribution in [0.5, 0.6) is 5.75 Å². The second kappa shape index (κ2) is 5.76. The molecule has 0 amide bonds. The van der Waals surface area contributed by atoms with Crippen LogP contribution in [0.1, 0.15) is 11.1 Å². The lowest BCUT2D eigenvalue weighted by molar-refractivity contribution is 0.141. The zero-order valence-electron chi connectivity index (χ0n) is 11.9. The fourth-order valence-electron chi connectivity index (χ4n) is 2.28. The lowest BCUT2D eigenvalue weighted by atomic mass is 9.92. The first-order chi connectivity index (χ1) is 11.0. The third-order valence-corrected chi connectivity index (χ3v) is 3.81. The van der Waals surface area contributed by atoms with Crippen molar-refractivity contribution in [3.63, 3.8) is 0 Å². The molecule has 2 aromatic rings. The predicted octanol–water partition coefficient (Wildman–Crippen LogP) is 3.05. The van der Waals surface area contributed by atoms with E-state index in [-0.39, 0.29) is 10.8 Å². The Morgan fingerprint density at radius 3 is 2.57 bits per heavy atom. The number of hydrogen-bond donors (Lipinski definition) is 2. The molecule has 114 valence electrons. The Balaban J connectivity index is 1.91. The second-order valence-corrected chi connectivity index (χ2v) is 5.45. The van der Waals surface area contributed by atoms with Crippen molar-refractivity contribution in [3.05, 3.63) is 77.2 Å². The van der Waals surface area contributed by atoms with Crippen molar-refractivity contribution in [1.82, 2.24) is 4.98 Å². The number of pyridine rings is 1. The second-order valence-electron chi connectivity index (χ2n) is 5.04. The average Bonchev–Trinajstić information content (AvgIpc) is 2.55. The van der Waals surface area contributed by atoms with Gasteiger partial charge < -0.3 is 15.1 Å². The molecule has 0 saturated carbocycles. The molecule has 2 heterocycles. The fraction of sp³-hybridized carbons (Fsp3) is 0.0588. The molecular formula is C17H12ClN3O2. The summed E-state index contributed by atoms with van der Waals surface area (Å²) in [6.07, 6.45) is 7.96. The maximum Gasteiger partial charge on any atom is 0.137 e. The van der Waals surface area contributed by atoms with E-state index in [1.807, 2.05) is 0 Å². The number of phenols is 1. The van der Waals surface area contributed by atoms with Crippen molar-refractivity contribution in [1.29, 1.82) is 5.26 Å². The summed E-state index contributed by atoms with van der Waals surface area (Å²) >= 11 is 6.10. The van der Waals surface area contributed by atoms with Crippen LogP contribution in [0, 0.1) is 11.3 Å². The molecule has 0 aliphatic carbocycles. The molecule has 0 bridgehead atoms. The van der Waals surface area contributed by atoms with Crippen molar-refractivity contribution < 1.29 is 10.2 Å². The quantitative estimate of drug-likeness (QED) is 0.887. The molecule has 3 rings (SSSR count). The summed E-state index contributed by atoms with van der Waals surface area (Å²) in [6, 6.07) is 9.73. The molecule has 1 aliphatic heterocycles. The summed E-state index contributed by atoms with van der Waals surface area (Å²) in [5.41, 5.74) is -0.421. The van der Waals surface area contributed by atoms with Crippen molar-refractivity contribution in [2.24, 2.45) is 0 Å². The topological polar surface area (TPSA) is 80.4 Å². The number of nitriles is 1. The molecule has 0 fully saturated rings. The van der Waals surface area contributed by atoms with Crippen LogP contribution in [0.3, 0.4) is 0 Å². The SMILES string of the molecule is N#Cc1ccnc(N2C=CC(O)(c3ccc(O)cc3Cl)C=C2)c1. The van der Waals surface area contributed by atoms with E-state index in [1.54, 1.807) is 53.8 Å². The van der Waals surface area contributed by atoms with Crippen molar-refractivity contribution in [2.75, 3.05) is 4.90 Å². The number of anilines is 1. The summed E-state index contributed by atoms with van der Waals surface area (Å²) in [5.74, 6) is 0.598. The molecule has 0 radical (unpaired) electrons. The van der Waals surface area contributed by atoms with Crippen LogP contribution in [-0.4, -0.2) is 15.2 Å². The van der Waals surface area contributed by atoms with Crippen molar-refractivity contribution >= 4 is 17.4 Å². The van der Waals surface area contributed by atoms with Gasteiger partial charge in [-0.3, -0.25) is 0 Å². The number of rotatable bonds is 2. The minimum absolute atomic E-state index is 0.0327. The molecule has 23 heavy (non-hydrogen) atoms. The molecule has 0 spiro atoms. The molecule has 5 nitrogen and oxygen atoms in total. The van der Waals surface area contributed by atoms with Crippen molar-refractivity contribution in [3.8, 4) is 11.8 Å². The van der Waals surface area contributed by atoms with Crippen molar-refractivity contribution in [2.45, 2.75) is 5.60 Å². The molecule has 0 unspecified atom stereocenters. The van der Waals surface area contributed by atoms with Crippen LogP contribution in [0.2, 0.25) is 5.02 Å². The first kappa shape index (κ1) is 15.1. The zero-order valence-corrected chi connectivity index (χ0v) is 12.6. The highest BCUT2D eigenvalue weighted by Gasteiger charge is 2.28. The Kier molecular flexibility index (Phi) is 3.78. The van der Waals surface area contributed by atoms with Gasteiger partial charge in [-0.25, -0.2) is 4.98 Å². The number of aliphatic hydroxyl groups is 1. The fourth-order valence-corrected chi connectivity index (χ4v) is 2.61. The smallest absolute Gasteiger partial charge is 0.137 e. The number of phenolic OH excluding ortho intramolecular Hbond substituents is 1. The van der Waals surface area contributed by atoms with E-state index in [2.05, 4.69) is 11.1 Å². The van der Waals surface area contributed by atoms with Gasteiger partial charge in [0.05, 0.1) is 16.7 Å². The lowest BCUT2D eigenvalue weighted by Gasteiger charge is -2.28. The van der Waals surface area contributed by atoms with E-state index >= 15 is 0 Å². The number of aromatic nitrogens is 1. The Hall–Kier alpha value is -2.81. The molecule has 0 atom stereocenters. The zero-order chi connectivity index (χ0) is 16.4. The van der Waals surface area contributed by atoms with Crippen LogP contribution < -0.4 is 4.90 Å². The first-order valence-corrected chi connectivity index (χ1v) is 7.14. The van der Waals surface area contributed by atoms with Crippen LogP contribution in [-0.2, 0) is 5.60 Å². The number of hydrogen-bond acceptors (Lipinski definition) is 5. The van der Waals surface area contributed by atoms with Gasteiger partial charge in [0.1, 0.15) is 17.2 Å². The lowest BCUT2D eigenvalue weighted by Crippen LogP contribution is -2.26. The maximum atomic E-state index is 10.7. The monoisotopic (exact) mass is 325 g/mol. The molecule has 1 aromatic carbocycles. The van der Waals surface area contributed by atoms with E-state index < -0.39 is 5.60 Å². The van der Waals surface area contributed by atoms with Crippen LogP contribution >= 0.6 is 11.6 Å². The van der Waals surface area contributed by atoms with Gasteiger partial charge in [0.25, 0.3) is 0 Å². The van der Waals surface area contributed by atoms with Crippen LogP contribution in [0.15, 0.2) is 61.1 Å². The largest absolute Gasteiger partial charge is 0.508 e. The van der Waals surface area contributed by atoms with Crippen LogP contribution in [0.4, 0.5) is 5.82 Å². The highest BCUT2D eigenvalue weighted by atomic mass is 35.5. The number of aromatic hydroxyl groups is 1. The third kappa shape index (κ3) is 2.90. The normalized spacial score (nSPS) is 15.4. The Labute approximate surface area is 138 Å². The molecule has 1 aromatic heterocycles. The maximum absolute atomic E-state index is 10.7. The molecule has 0 saturated heterocycles. The summed E-state index contributed by atoms with van der Waals surface area (Å²) in [4.78, 5) is 5.88. The van der Waals surface area contributed by atoms with Crippen LogP contribution in [0.25, 0.3) is 0 Å². The summed E-state index contributed by atoms with van der Waals surface area (Å²) < 4.78 is 0. The number of benzene rings is 1. The average molecular weight is 326 g/mol. The minimum Gasteiger partial charge on any atom is -0.508 e. The number of halogens is 1. The predicted molar refractivity (Wildman–Crippen MR) is 86.7 cm³/mol. The molecule has 6 heteroatoms. The van der Waals surface area contributed by atoms with E-state index in [9.17, 15) is 10.2 Å². The molecule has 2 N–H and O–H groups in total. The van der Waals surface area contributed by atoms with Gasteiger partial charge in [0, 0.05) is 24.2 Å². The third-order valence-electron chi connectivity index (χ3n) is 3.50. The minimum atomic E-state index is -1.38. The number of nitrogens with zero attached hydrogens (tertiary/aromatic N) is 3. The van der Waals surface area contributed by atoms with E-state index in [0.29, 0.717) is 16.9 Å². The van der Waals surface area contributed by atoms with Gasteiger partial charge in [-0.1, -0.05) is 17.7 Å². The van der Waals surface area contributed by atoms with Gasteiger partial charge in [-0.05, 0) is 36.4 Å². The van der Waals surface area contributed by atoms with Gasteiger partial charge in [-0.2, -0.15) is 5.26 Å². The Bertz CT molecular complexity index is 841. The summed E-state index contributed by atoms with van der Waals surface area (Å²) in [5, 5.41) is 29.4. The van der Waals surface area contributed by atoms with E-state index in [0.717, 1.165) is 0 Å². The van der Waals surface area contributed by atoms with Gasteiger partial charge in [0.15, 0.2) is 0 Å². The molecule has 1 aliphatic rings. The first-order valence-electron chi connectivity index (χ1n) is 6.76. The summed E-state index contributed by atoms with van der Waals surface area (Å²) in [6.45, 7) is 0.